The Bertz CT molecular complexity index is 1160. The van der Waals surface area contributed by atoms with Gasteiger partial charge in [-0.25, -0.2) is 9.59 Å². The zero-order chi connectivity index (χ0) is 21.1. The van der Waals surface area contributed by atoms with Gasteiger partial charge in [0.2, 0.25) is 0 Å². The van der Waals surface area contributed by atoms with Gasteiger partial charge < -0.3 is 14.5 Å². The van der Waals surface area contributed by atoms with Crippen molar-refractivity contribution in [3.63, 3.8) is 0 Å². The lowest BCUT2D eigenvalue weighted by Gasteiger charge is -2.22. The number of amides is 1. The molecule has 1 saturated carbocycles. The van der Waals surface area contributed by atoms with E-state index in [0.717, 1.165) is 25.7 Å². The molecule has 4 rings (SSSR count). The molecule has 0 saturated heterocycles. The summed E-state index contributed by atoms with van der Waals surface area (Å²) in [5.74, 6) is -0.785. The number of nitrogens with one attached hydrogen (secondary N) is 1. The molecular weight excluding hydrogens is 406 g/mol. The van der Waals surface area contributed by atoms with E-state index < -0.39 is 17.5 Å². The van der Waals surface area contributed by atoms with E-state index >= 15 is 0 Å². The van der Waals surface area contributed by atoms with E-state index in [4.69, 9.17) is 20.8 Å². The van der Waals surface area contributed by atoms with Gasteiger partial charge >= 0.3 is 11.6 Å². The summed E-state index contributed by atoms with van der Waals surface area (Å²) in [6, 6.07) is 12.7. The summed E-state index contributed by atoms with van der Waals surface area (Å²) in [4.78, 5) is 37.2. The van der Waals surface area contributed by atoms with Gasteiger partial charge in [0.25, 0.3) is 5.91 Å². The number of benzene rings is 2. The minimum Gasteiger partial charge on any atom is -0.423 e. The maximum absolute atomic E-state index is 12.5. The van der Waals surface area contributed by atoms with Gasteiger partial charge in [-0.1, -0.05) is 36.9 Å². The van der Waals surface area contributed by atoms with E-state index in [1.54, 1.807) is 30.3 Å². The quantitative estimate of drug-likeness (QED) is 0.371. The molecule has 0 spiro atoms. The van der Waals surface area contributed by atoms with Gasteiger partial charge in [-0.05, 0) is 49.2 Å². The van der Waals surface area contributed by atoms with E-state index in [2.05, 4.69) is 5.32 Å². The van der Waals surface area contributed by atoms with Crippen molar-refractivity contribution in [1.82, 2.24) is 5.32 Å². The SMILES string of the molecule is O=C(Oc1ccc2cc(C(=O)NC3CCCCC3)c(=O)oc2c1)c1cccc(Cl)c1. The summed E-state index contributed by atoms with van der Waals surface area (Å²) in [5.41, 5.74) is -0.227. The molecule has 7 heteroatoms. The highest BCUT2D eigenvalue weighted by Gasteiger charge is 2.20. The zero-order valence-corrected chi connectivity index (χ0v) is 16.9. The lowest BCUT2D eigenvalue weighted by molar-refractivity contribution is 0.0734. The van der Waals surface area contributed by atoms with Crippen molar-refractivity contribution in [2.24, 2.45) is 0 Å². The molecule has 1 aliphatic rings. The summed E-state index contributed by atoms with van der Waals surface area (Å²) in [5, 5.41) is 3.91. The number of esters is 1. The Morgan fingerprint density at radius 1 is 1.03 bits per heavy atom. The third-order valence-electron chi connectivity index (χ3n) is 5.16. The highest BCUT2D eigenvalue weighted by molar-refractivity contribution is 6.30. The molecule has 0 atom stereocenters. The van der Waals surface area contributed by atoms with Crippen molar-refractivity contribution < 1.29 is 18.7 Å². The second-order valence-corrected chi connectivity index (χ2v) is 7.79. The molecule has 0 unspecified atom stereocenters. The van der Waals surface area contributed by atoms with Crippen LogP contribution in [0.3, 0.4) is 0 Å². The smallest absolute Gasteiger partial charge is 0.349 e. The number of hydrogen-bond donors (Lipinski definition) is 1. The maximum Gasteiger partial charge on any atom is 0.349 e. The lowest BCUT2D eigenvalue weighted by Crippen LogP contribution is -2.38. The maximum atomic E-state index is 12.5. The van der Waals surface area contributed by atoms with Crippen LogP contribution in [0, 0.1) is 0 Å². The zero-order valence-electron chi connectivity index (χ0n) is 16.2. The Balaban J connectivity index is 1.54. The van der Waals surface area contributed by atoms with Gasteiger partial charge in [-0.3, -0.25) is 4.79 Å². The van der Waals surface area contributed by atoms with Crippen LogP contribution in [-0.2, 0) is 0 Å². The Kier molecular flexibility index (Phi) is 5.86. The van der Waals surface area contributed by atoms with Gasteiger partial charge in [0.15, 0.2) is 0 Å². The highest BCUT2D eigenvalue weighted by Crippen LogP contribution is 2.23. The molecule has 1 amide bonds. The van der Waals surface area contributed by atoms with Crippen molar-refractivity contribution in [1.29, 1.82) is 0 Å². The fourth-order valence-corrected chi connectivity index (χ4v) is 3.80. The van der Waals surface area contributed by atoms with Gasteiger partial charge in [0, 0.05) is 22.5 Å². The van der Waals surface area contributed by atoms with Crippen LogP contribution in [0.25, 0.3) is 11.0 Å². The van der Waals surface area contributed by atoms with Crippen LogP contribution in [0.15, 0.2) is 57.7 Å². The normalized spacial score (nSPS) is 14.4. The second kappa shape index (κ2) is 8.71. The molecule has 1 fully saturated rings. The number of hydrogen-bond acceptors (Lipinski definition) is 5. The van der Waals surface area contributed by atoms with Gasteiger partial charge in [-0.15, -0.1) is 0 Å². The number of fused-ring (bicyclic) bond motifs is 1. The third kappa shape index (κ3) is 4.54. The van der Waals surface area contributed by atoms with Crippen molar-refractivity contribution in [2.45, 2.75) is 38.1 Å². The summed E-state index contributed by atoms with van der Waals surface area (Å²) in [6.07, 6.45) is 5.18. The first-order valence-electron chi connectivity index (χ1n) is 9.86. The molecule has 0 radical (unpaired) electrons. The number of ether oxygens (including phenoxy) is 1. The van der Waals surface area contributed by atoms with E-state index in [9.17, 15) is 14.4 Å². The summed E-state index contributed by atoms with van der Waals surface area (Å²) in [6.45, 7) is 0. The van der Waals surface area contributed by atoms with Gasteiger partial charge in [0.05, 0.1) is 5.56 Å². The molecule has 1 heterocycles. The monoisotopic (exact) mass is 425 g/mol. The largest absolute Gasteiger partial charge is 0.423 e. The predicted molar refractivity (Wildman–Crippen MR) is 113 cm³/mol. The summed E-state index contributed by atoms with van der Waals surface area (Å²) < 4.78 is 10.7. The molecule has 1 aromatic heterocycles. The highest BCUT2D eigenvalue weighted by atomic mass is 35.5. The van der Waals surface area contributed by atoms with Crippen LogP contribution in [0.1, 0.15) is 52.8 Å². The van der Waals surface area contributed by atoms with Crippen LogP contribution in [-0.4, -0.2) is 17.9 Å². The van der Waals surface area contributed by atoms with Crippen molar-refractivity contribution in [2.75, 3.05) is 0 Å². The fourth-order valence-electron chi connectivity index (χ4n) is 3.60. The minimum absolute atomic E-state index is 0.0308. The van der Waals surface area contributed by atoms with E-state index in [1.807, 2.05) is 0 Å². The summed E-state index contributed by atoms with van der Waals surface area (Å²) in [7, 11) is 0. The van der Waals surface area contributed by atoms with Crippen LogP contribution < -0.4 is 15.7 Å². The average Bonchev–Trinajstić information content (AvgIpc) is 2.74. The number of rotatable bonds is 4. The molecule has 3 aromatic rings. The molecule has 1 N–H and O–H groups in total. The Morgan fingerprint density at radius 3 is 2.60 bits per heavy atom. The molecule has 154 valence electrons. The third-order valence-corrected chi connectivity index (χ3v) is 5.40. The minimum atomic E-state index is -0.728. The summed E-state index contributed by atoms with van der Waals surface area (Å²) >= 11 is 5.90. The number of carbonyl (C=O) groups excluding carboxylic acids is 2. The molecule has 2 aromatic carbocycles. The van der Waals surface area contributed by atoms with Crippen LogP contribution in [0.2, 0.25) is 5.02 Å². The molecular formula is C23H20ClNO5. The Labute approximate surface area is 177 Å². The Hall–Kier alpha value is -3.12. The predicted octanol–water partition coefficient (Wildman–Crippen LogP) is 4.73. The van der Waals surface area contributed by atoms with Crippen LogP contribution in [0.4, 0.5) is 0 Å². The topological polar surface area (TPSA) is 85.6 Å². The standard InChI is InChI=1S/C23H20ClNO5/c24-16-6-4-5-15(11-16)22(27)29-18-10-9-14-12-19(23(28)30-20(14)13-18)21(26)25-17-7-2-1-3-8-17/h4-6,9-13,17H,1-3,7-8H2,(H,25,26). The molecule has 0 aliphatic heterocycles. The van der Waals surface area contributed by atoms with Crippen LogP contribution in [0.5, 0.6) is 5.75 Å². The van der Waals surface area contributed by atoms with Crippen molar-refractivity contribution in [3.8, 4) is 5.75 Å². The second-order valence-electron chi connectivity index (χ2n) is 7.36. The Morgan fingerprint density at radius 2 is 1.83 bits per heavy atom. The first-order valence-corrected chi connectivity index (χ1v) is 10.2. The first-order chi connectivity index (χ1) is 14.5. The molecule has 6 nitrogen and oxygen atoms in total. The number of halogens is 1. The van der Waals surface area contributed by atoms with E-state index in [0.29, 0.717) is 16.0 Å². The average molecular weight is 426 g/mol. The van der Waals surface area contributed by atoms with E-state index in [1.165, 1.54) is 24.6 Å². The molecule has 0 bridgehead atoms. The van der Waals surface area contributed by atoms with Crippen LogP contribution >= 0.6 is 11.6 Å². The molecule has 30 heavy (non-hydrogen) atoms. The van der Waals surface area contributed by atoms with Gasteiger partial charge in [0.1, 0.15) is 16.9 Å². The van der Waals surface area contributed by atoms with Crippen molar-refractivity contribution >= 4 is 34.4 Å². The lowest BCUT2D eigenvalue weighted by atomic mass is 9.95. The first kappa shape index (κ1) is 20.2. The fraction of sp³-hybridized carbons (Fsp3) is 0.261. The van der Waals surface area contributed by atoms with E-state index in [-0.39, 0.29) is 22.9 Å². The number of carbonyl (C=O) groups is 2. The molecule has 1 aliphatic carbocycles. The van der Waals surface area contributed by atoms with Gasteiger partial charge in [-0.2, -0.15) is 0 Å². The van der Waals surface area contributed by atoms with Crippen molar-refractivity contribution in [3.05, 3.63) is 75.1 Å².